The summed E-state index contributed by atoms with van der Waals surface area (Å²) < 4.78 is 36.6. The van der Waals surface area contributed by atoms with Crippen molar-refractivity contribution >= 4 is 27.3 Å². The van der Waals surface area contributed by atoms with E-state index in [9.17, 15) is 23.3 Å². The van der Waals surface area contributed by atoms with E-state index < -0.39 is 22.4 Å². The van der Waals surface area contributed by atoms with Crippen molar-refractivity contribution in [3.8, 4) is 0 Å². The fraction of sp³-hybridized carbons (Fsp3) is 0.143. The second kappa shape index (κ2) is 3.69. The molecule has 2 N–H and O–H groups in total. The number of nitro groups is 1. The van der Waals surface area contributed by atoms with Crippen LogP contribution in [0.25, 0.3) is 0 Å². The lowest BCUT2D eigenvalue weighted by Gasteiger charge is -2.08. The maximum absolute atomic E-state index is 12.3. The molecule has 0 bridgehead atoms. The monoisotopic (exact) mass is 284 g/mol. The van der Waals surface area contributed by atoms with Gasteiger partial charge in [0.1, 0.15) is 5.69 Å². The van der Waals surface area contributed by atoms with E-state index in [1.54, 1.807) is 0 Å². The third-order valence-electron chi connectivity index (χ3n) is 1.63. The summed E-state index contributed by atoms with van der Waals surface area (Å²) in [6.45, 7) is 0. The van der Waals surface area contributed by atoms with Crippen LogP contribution in [0.5, 0.6) is 0 Å². The van der Waals surface area contributed by atoms with Gasteiger partial charge >= 0.3 is 6.18 Å². The van der Waals surface area contributed by atoms with Crippen LogP contribution in [0, 0.1) is 10.1 Å². The first-order valence-electron chi connectivity index (χ1n) is 3.54. The molecule has 8 heteroatoms. The van der Waals surface area contributed by atoms with E-state index in [1.807, 2.05) is 0 Å². The van der Waals surface area contributed by atoms with E-state index in [-0.39, 0.29) is 10.2 Å². The summed E-state index contributed by atoms with van der Waals surface area (Å²) in [7, 11) is 0. The van der Waals surface area contributed by atoms with Crippen LogP contribution >= 0.6 is 15.9 Å². The fourth-order valence-electron chi connectivity index (χ4n) is 0.918. The molecule has 0 amide bonds. The third-order valence-corrected chi connectivity index (χ3v) is 2.29. The van der Waals surface area contributed by atoms with Gasteiger partial charge in [-0.05, 0) is 22.0 Å². The van der Waals surface area contributed by atoms with Crippen molar-refractivity contribution in [1.82, 2.24) is 0 Å². The van der Waals surface area contributed by atoms with E-state index in [0.29, 0.717) is 12.1 Å². The van der Waals surface area contributed by atoms with E-state index in [4.69, 9.17) is 5.73 Å². The molecule has 0 heterocycles. The first-order chi connectivity index (χ1) is 6.73. The van der Waals surface area contributed by atoms with Crippen LogP contribution < -0.4 is 5.73 Å². The number of hydrogen-bond donors (Lipinski definition) is 1. The minimum atomic E-state index is -4.64. The van der Waals surface area contributed by atoms with Crippen LogP contribution in [-0.2, 0) is 6.18 Å². The smallest absolute Gasteiger partial charge is 0.392 e. The molecule has 0 aliphatic heterocycles. The highest BCUT2D eigenvalue weighted by Crippen LogP contribution is 2.38. The average Bonchev–Trinajstić information content (AvgIpc) is 2.06. The predicted octanol–water partition coefficient (Wildman–Crippen LogP) is 2.96. The lowest BCUT2D eigenvalue weighted by molar-refractivity contribution is -0.384. The van der Waals surface area contributed by atoms with Gasteiger partial charge in [0.2, 0.25) is 0 Å². The number of nitrogens with two attached hydrogens (primary N) is 1. The largest absolute Gasteiger partial charge is 0.416 e. The molecule has 0 saturated carbocycles. The molecule has 0 saturated heterocycles. The van der Waals surface area contributed by atoms with E-state index >= 15 is 0 Å². The van der Waals surface area contributed by atoms with Crippen molar-refractivity contribution in [2.24, 2.45) is 0 Å². The van der Waals surface area contributed by atoms with Gasteiger partial charge in [0, 0.05) is 10.5 Å². The molecule has 4 nitrogen and oxygen atoms in total. The van der Waals surface area contributed by atoms with Crippen molar-refractivity contribution < 1.29 is 18.1 Å². The van der Waals surface area contributed by atoms with Gasteiger partial charge in [-0.25, -0.2) is 0 Å². The predicted molar refractivity (Wildman–Crippen MR) is 50.2 cm³/mol. The van der Waals surface area contributed by atoms with Crippen LogP contribution in [0.3, 0.4) is 0 Å². The number of hydrogen-bond acceptors (Lipinski definition) is 3. The summed E-state index contributed by atoms with van der Waals surface area (Å²) in [6, 6.07) is 1.10. The van der Waals surface area contributed by atoms with Gasteiger partial charge in [0.15, 0.2) is 0 Å². The Morgan fingerprint density at radius 2 is 1.93 bits per heavy atom. The van der Waals surface area contributed by atoms with Gasteiger partial charge < -0.3 is 5.73 Å². The van der Waals surface area contributed by atoms with Crippen LogP contribution in [0.4, 0.5) is 24.5 Å². The highest BCUT2D eigenvalue weighted by atomic mass is 79.9. The quantitative estimate of drug-likeness (QED) is 0.490. The molecule has 0 atom stereocenters. The summed E-state index contributed by atoms with van der Waals surface area (Å²) in [5, 5.41) is 10.4. The Morgan fingerprint density at radius 1 is 1.40 bits per heavy atom. The zero-order chi connectivity index (χ0) is 11.8. The summed E-state index contributed by atoms with van der Waals surface area (Å²) in [5.74, 6) is 0. The lowest BCUT2D eigenvalue weighted by Crippen LogP contribution is -2.07. The van der Waals surface area contributed by atoms with Gasteiger partial charge in [0.25, 0.3) is 5.69 Å². The van der Waals surface area contributed by atoms with Gasteiger partial charge in [-0.3, -0.25) is 10.1 Å². The molecule has 0 spiro atoms. The van der Waals surface area contributed by atoms with E-state index in [0.717, 1.165) is 0 Å². The molecular weight excluding hydrogens is 281 g/mol. The number of alkyl halides is 3. The summed E-state index contributed by atoms with van der Waals surface area (Å²) in [6.07, 6.45) is -4.64. The topological polar surface area (TPSA) is 69.2 Å². The molecule has 0 fully saturated rings. The summed E-state index contributed by atoms with van der Waals surface area (Å²) in [4.78, 5) is 9.43. The maximum atomic E-state index is 12.3. The van der Waals surface area contributed by atoms with E-state index in [2.05, 4.69) is 15.9 Å². The summed E-state index contributed by atoms with van der Waals surface area (Å²) >= 11 is 2.73. The Bertz CT molecular complexity index is 419. The Labute approximate surface area is 90.2 Å². The van der Waals surface area contributed by atoms with Crippen molar-refractivity contribution in [1.29, 1.82) is 0 Å². The highest BCUT2D eigenvalue weighted by Gasteiger charge is 2.33. The number of halogens is 4. The first-order valence-corrected chi connectivity index (χ1v) is 4.33. The van der Waals surface area contributed by atoms with Crippen molar-refractivity contribution in [3.63, 3.8) is 0 Å². The molecule has 15 heavy (non-hydrogen) atoms. The number of nitrogens with zero attached hydrogens (tertiary/aromatic N) is 1. The zero-order valence-corrected chi connectivity index (χ0v) is 8.59. The SMILES string of the molecule is Nc1c(Br)cc(C(F)(F)F)cc1[N+](=O)[O-]. The molecule has 0 aliphatic carbocycles. The van der Waals surface area contributed by atoms with Crippen molar-refractivity contribution in [2.75, 3.05) is 5.73 Å². The van der Waals surface area contributed by atoms with Crippen molar-refractivity contribution in [3.05, 3.63) is 32.3 Å². The zero-order valence-electron chi connectivity index (χ0n) is 7.01. The van der Waals surface area contributed by atoms with Crippen LogP contribution in [0.15, 0.2) is 16.6 Å². The minimum absolute atomic E-state index is 0.149. The maximum Gasteiger partial charge on any atom is 0.416 e. The van der Waals surface area contributed by atoms with Crippen LogP contribution in [0.1, 0.15) is 5.56 Å². The van der Waals surface area contributed by atoms with E-state index in [1.165, 1.54) is 0 Å². The number of nitrogen functional groups attached to an aromatic ring is 1. The molecule has 0 aromatic heterocycles. The molecule has 1 rings (SSSR count). The molecule has 82 valence electrons. The highest BCUT2D eigenvalue weighted by molar-refractivity contribution is 9.10. The van der Waals surface area contributed by atoms with Gasteiger partial charge in [-0.2, -0.15) is 13.2 Å². The van der Waals surface area contributed by atoms with Crippen LogP contribution in [-0.4, -0.2) is 4.92 Å². The molecule has 1 aromatic carbocycles. The molecule has 0 aliphatic rings. The Kier molecular flexibility index (Phi) is 2.89. The Morgan fingerprint density at radius 3 is 2.33 bits per heavy atom. The second-order valence-corrected chi connectivity index (χ2v) is 3.50. The minimum Gasteiger partial charge on any atom is -0.392 e. The van der Waals surface area contributed by atoms with Gasteiger partial charge in [0.05, 0.1) is 10.5 Å². The normalized spacial score (nSPS) is 11.5. The summed E-state index contributed by atoms with van der Waals surface area (Å²) in [5.41, 5.74) is 3.03. The number of rotatable bonds is 1. The molecule has 1 aromatic rings. The molecular formula is C7H4BrF3N2O2. The molecule has 0 radical (unpaired) electrons. The first kappa shape index (κ1) is 11.8. The number of anilines is 1. The Balaban J connectivity index is 3.43. The molecule has 0 unspecified atom stereocenters. The fourth-order valence-corrected chi connectivity index (χ4v) is 1.37. The van der Waals surface area contributed by atoms with Gasteiger partial charge in [-0.15, -0.1) is 0 Å². The van der Waals surface area contributed by atoms with Crippen LogP contribution in [0.2, 0.25) is 0 Å². The second-order valence-electron chi connectivity index (χ2n) is 2.65. The van der Waals surface area contributed by atoms with Gasteiger partial charge in [-0.1, -0.05) is 0 Å². The number of nitro benzene ring substituents is 1. The lowest BCUT2D eigenvalue weighted by atomic mass is 10.1. The number of benzene rings is 1. The average molecular weight is 285 g/mol. The van der Waals surface area contributed by atoms with Crippen molar-refractivity contribution in [2.45, 2.75) is 6.18 Å². The third kappa shape index (κ3) is 2.38. The Hall–Kier alpha value is -1.31. The standard InChI is InChI=1S/C7H4BrF3N2O2/c8-4-1-3(7(9,10)11)2-5(6(4)12)13(14)15/h1-2H,12H2.